The molecule has 1 aromatic rings. The molecule has 78 valence electrons. The van der Waals surface area contributed by atoms with E-state index in [-0.39, 0.29) is 0 Å². The van der Waals surface area contributed by atoms with E-state index in [2.05, 4.69) is 51.1 Å². The van der Waals surface area contributed by atoms with Crippen LogP contribution < -0.4 is 0 Å². The molecule has 0 heterocycles. The zero-order chi connectivity index (χ0) is 10.4. The van der Waals surface area contributed by atoms with Crippen LogP contribution >= 0.6 is 0 Å². The Kier molecular flexibility index (Phi) is 4.72. The van der Waals surface area contributed by atoms with Gasteiger partial charge in [0.15, 0.2) is 0 Å². The van der Waals surface area contributed by atoms with Crippen LogP contribution in [0.2, 0.25) is 0 Å². The third-order valence-corrected chi connectivity index (χ3v) is 2.91. The van der Waals surface area contributed by atoms with Crippen LogP contribution in [0.15, 0.2) is 30.3 Å². The Morgan fingerprint density at radius 3 is 2.29 bits per heavy atom. The average molecular weight is 190 g/mol. The summed E-state index contributed by atoms with van der Waals surface area (Å²) in [6.07, 6.45) is 3.98. The summed E-state index contributed by atoms with van der Waals surface area (Å²) in [7, 11) is 0. The molecule has 0 aliphatic carbocycles. The van der Waals surface area contributed by atoms with Crippen LogP contribution in [0.3, 0.4) is 0 Å². The summed E-state index contributed by atoms with van der Waals surface area (Å²) in [4.78, 5) is 0. The lowest BCUT2D eigenvalue weighted by Gasteiger charge is -2.16. The highest BCUT2D eigenvalue weighted by Crippen LogP contribution is 2.24. The van der Waals surface area contributed by atoms with Gasteiger partial charge in [0.2, 0.25) is 0 Å². The smallest absolute Gasteiger partial charge is 0.0188 e. The molecule has 0 saturated carbocycles. The van der Waals surface area contributed by atoms with E-state index in [9.17, 15) is 0 Å². The second-order valence-corrected chi connectivity index (χ2v) is 4.44. The van der Waals surface area contributed by atoms with E-state index in [0.29, 0.717) is 5.92 Å². The van der Waals surface area contributed by atoms with Crippen molar-refractivity contribution in [3.8, 4) is 0 Å². The minimum atomic E-state index is 0.706. The lowest BCUT2D eigenvalue weighted by Crippen LogP contribution is -2.01. The molecule has 2 atom stereocenters. The van der Waals surface area contributed by atoms with Crippen molar-refractivity contribution in [2.24, 2.45) is 5.92 Å². The zero-order valence-corrected chi connectivity index (χ0v) is 9.66. The van der Waals surface area contributed by atoms with Gasteiger partial charge in [-0.15, -0.1) is 0 Å². The molecule has 0 nitrogen and oxygen atoms in total. The van der Waals surface area contributed by atoms with Crippen molar-refractivity contribution in [1.82, 2.24) is 0 Å². The standard InChI is InChI=1S/C14H22/c1-4-8-12(2)11-13(3)14-9-6-5-7-10-14/h5-7,9-10,12-13H,4,8,11H2,1-3H3/t12-,13+/m0/s1. The molecule has 0 bridgehead atoms. The predicted octanol–water partition coefficient (Wildman–Crippen LogP) is 4.62. The van der Waals surface area contributed by atoms with Gasteiger partial charge in [-0.05, 0) is 23.8 Å². The van der Waals surface area contributed by atoms with Crippen LogP contribution in [0.4, 0.5) is 0 Å². The zero-order valence-electron chi connectivity index (χ0n) is 9.66. The van der Waals surface area contributed by atoms with Crippen LogP contribution in [-0.2, 0) is 0 Å². The van der Waals surface area contributed by atoms with E-state index < -0.39 is 0 Å². The normalized spacial score (nSPS) is 15.1. The Bertz CT molecular complexity index is 237. The van der Waals surface area contributed by atoms with E-state index in [4.69, 9.17) is 0 Å². The van der Waals surface area contributed by atoms with Crippen LogP contribution in [-0.4, -0.2) is 0 Å². The molecular weight excluding hydrogens is 168 g/mol. The van der Waals surface area contributed by atoms with Gasteiger partial charge in [-0.1, -0.05) is 63.9 Å². The number of hydrogen-bond donors (Lipinski definition) is 0. The Morgan fingerprint density at radius 2 is 1.71 bits per heavy atom. The molecule has 1 aromatic carbocycles. The van der Waals surface area contributed by atoms with Crippen LogP contribution in [0, 0.1) is 5.92 Å². The van der Waals surface area contributed by atoms with E-state index in [1.54, 1.807) is 0 Å². The quantitative estimate of drug-likeness (QED) is 0.635. The van der Waals surface area contributed by atoms with Gasteiger partial charge < -0.3 is 0 Å². The second-order valence-electron chi connectivity index (χ2n) is 4.44. The van der Waals surface area contributed by atoms with E-state index in [0.717, 1.165) is 5.92 Å². The van der Waals surface area contributed by atoms with Gasteiger partial charge in [0, 0.05) is 0 Å². The fourth-order valence-corrected chi connectivity index (χ4v) is 2.13. The molecule has 0 aromatic heterocycles. The summed E-state index contributed by atoms with van der Waals surface area (Å²) in [5.41, 5.74) is 1.48. The Morgan fingerprint density at radius 1 is 1.07 bits per heavy atom. The molecule has 0 amide bonds. The van der Waals surface area contributed by atoms with Crippen molar-refractivity contribution in [3.05, 3.63) is 35.9 Å². The molecule has 0 aliphatic heterocycles. The highest BCUT2D eigenvalue weighted by molar-refractivity contribution is 5.18. The van der Waals surface area contributed by atoms with Crippen molar-refractivity contribution in [2.75, 3.05) is 0 Å². The summed E-state index contributed by atoms with van der Waals surface area (Å²) in [6, 6.07) is 10.8. The second kappa shape index (κ2) is 5.85. The highest BCUT2D eigenvalue weighted by atomic mass is 14.1. The van der Waals surface area contributed by atoms with Gasteiger partial charge in [0.25, 0.3) is 0 Å². The lowest BCUT2D eigenvalue weighted by atomic mass is 9.89. The largest absolute Gasteiger partial charge is 0.0654 e. The molecule has 0 radical (unpaired) electrons. The molecule has 0 aliphatic rings. The molecule has 14 heavy (non-hydrogen) atoms. The fraction of sp³-hybridized carbons (Fsp3) is 0.571. The molecule has 0 fully saturated rings. The molecule has 0 saturated heterocycles. The lowest BCUT2D eigenvalue weighted by molar-refractivity contribution is 0.449. The maximum Gasteiger partial charge on any atom is -0.0188 e. The first-order chi connectivity index (χ1) is 6.74. The van der Waals surface area contributed by atoms with Crippen LogP contribution in [0.1, 0.15) is 51.5 Å². The average Bonchev–Trinajstić information content (AvgIpc) is 2.19. The third-order valence-electron chi connectivity index (χ3n) is 2.91. The maximum absolute atomic E-state index is 2.36. The van der Waals surface area contributed by atoms with E-state index >= 15 is 0 Å². The van der Waals surface area contributed by atoms with Crippen LogP contribution in [0.25, 0.3) is 0 Å². The third kappa shape index (κ3) is 3.53. The van der Waals surface area contributed by atoms with Gasteiger partial charge in [-0.2, -0.15) is 0 Å². The molecule has 0 heteroatoms. The van der Waals surface area contributed by atoms with E-state index in [1.165, 1.54) is 24.8 Å². The highest BCUT2D eigenvalue weighted by Gasteiger charge is 2.09. The Hall–Kier alpha value is -0.780. The molecule has 0 spiro atoms. The summed E-state index contributed by atoms with van der Waals surface area (Å²) >= 11 is 0. The van der Waals surface area contributed by atoms with Gasteiger partial charge in [-0.25, -0.2) is 0 Å². The van der Waals surface area contributed by atoms with Gasteiger partial charge in [0.1, 0.15) is 0 Å². The summed E-state index contributed by atoms with van der Waals surface area (Å²) < 4.78 is 0. The molecule has 1 rings (SSSR count). The number of benzene rings is 1. The van der Waals surface area contributed by atoms with Crippen molar-refractivity contribution in [3.63, 3.8) is 0 Å². The number of hydrogen-bond acceptors (Lipinski definition) is 0. The summed E-state index contributed by atoms with van der Waals surface area (Å²) in [5.74, 6) is 1.56. The summed E-state index contributed by atoms with van der Waals surface area (Å²) in [5, 5.41) is 0. The maximum atomic E-state index is 2.36. The molecular formula is C14H22. The van der Waals surface area contributed by atoms with E-state index in [1.807, 2.05) is 0 Å². The number of rotatable bonds is 5. The van der Waals surface area contributed by atoms with Gasteiger partial charge in [0.05, 0.1) is 0 Å². The first-order valence-electron chi connectivity index (χ1n) is 5.79. The fourth-order valence-electron chi connectivity index (χ4n) is 2.13. The van der Waals surface area contributed by atoms with Crippen molar-refractivity contribution in [1.29, 1.82) is 0 Å². The first-order valence-corrected chi connectivity index (χ1v) is 5.79. The van der Waals surface area contributed by atoms with Crippen molar-refractivity contribution in [2.45, 2.75) is 46.0 Å². The van der Waals surface area contributed by atoms with Gasteiger partial charge in [-0.3, -0.25) is 0 Å². The van der Waals surface area contributed by atoms with Crippen LogP contribution in [0.5, 0.6) is 0 Å². The monoisotopic (exact) mass is 190 g/mol. The van der Waals surface area contributed by atoms with Gasteiger partial charge >= 0.3 is 0 Å². The Labute approximate surface area is 88.4 Å². The van der Waals surface area contributed by atoms with Crippen molar-refractivity contribution >= 4 is 0 Å². The molecule has 0 N–H and O–H groups in total. The van der Waals surface area contributed by atoms with Crippen molar-refractivity contribution < 1.29 is 0 Å². The summed E-state index contributed by atoms with van der Waals surface area (Å²) in [6.45, 7) is 6.97. The first kappa shape index (κ1) is 11.3. The predicted molar refractivity (Wildman–Crippen MR) is 63.5 cm³/mol. The minimum Gasteiger partial charge on any atom is -0.0654 e. The topological polar surface area (TPSA) is 0 Å². The molecule has 0 unspecified atom stereocenters. The minimum absolute atomic E-state index is 0.706. The SMILES string of the molecule is CCC[C@H](C)C[C@@H](C)c1ccccc1. The Balaban J connectivity index is 2.46.